The molecule has 0 spiro atoms. The number of aryl methyl sites for hydroxylation is 3. The van der Waals surface area contributed by atoms with Gasteiger partial charge in [0, 0.05) is 36.9 Å². The van der Waals surface area contributed by atoms with Gasteiger partial charge < -0.3 is 15.4 Å². The summed E-state index contributed by atoms with van der Waals surface area (Å²) in [4.78, 5) is 57.9. The number of ether oxygens (including phenoxy) is 1. The molecule has 0 aliphatic heterocycles. The van der Waals surface area contributed by atoms with E-state index < -0.39 is 41.1 Å². The predicted octanol–water partition coefficient (Wildman–Crippen LogP) is 5.83. The molecular formula is C32H33ClFN9O4. The Balaban J connectivity index is 1.59. The van der Waals surface area contributed by atoms with E-state index in [9.17, 15) is 18.8 Å². The molecule has 15 heteroatoms. The maximum Gasteiger partial charge on any atom is 0.410 e. The highest BCUT2D eigenvalue weighted by molar-refractivity contribution is 6.30. The van der Waals surface area contributed by atoms with Crippen LogP contribution in [0.4, 0.5) is 20.7 Å². The fourth-order valence-electron chi connectivity index (χ4n) is 4.87. The third-order valence-corrected chi connectivity index (χ3v) is 7.41. The molecular weight excluding hydrogens is 629 g/mol. The van der Waals surface area contributed by atoms with Crippen LogP contribution in [0.1, 0.15) is 49.7 Å². The van der Waals surface area contributed by atoms with Crippen molar-refractivity contribution >= 4 is 63.0 Å². The van der Waals surface area contributed by atoms with Gasteiger partial charge in [-0.2, -0.15) is 5.10 Å². The Morgan fingerprint density at radius 3 is 2.47 bits per heavy atom. The minimum Gasteiger partial charge on any atom is -0.444 e. The molecule has 1 unspecified atom stereocenters. The zero-order valence-electron chi connectivity index (χ0n) is 27.1. The summed E-state index contributed by atoms with van der Waals surface area (Å²) in [6, 6.07) is 6.69. The van der Waals surface area contributed by atoms with E-state index in [0.717, 1.165) is 6.07 Å². The lowest BCUT2D eigenvalue weighted by atomic mass is 10.0. The SMILES string of the molecule is Cc1nc(-c2cc(NC(=O)C(C)N(C)C(=O)OC(C)(C)C)nc3cc(NC(=O)c4ncc(Cl)cc4F)ccc23)c2c(n1)c(C)nn2C. The van der Waals surface area contributed by atoms with Gasteiger partial charge in [-0.3, -0.25) is 19.2 Å². The predicted molar refractivity (Wildman–Crippen MR) is 176 cm³/mol. The Bertz CT molecular complexity index is 2080. The van der Waals surface area contributed by atoms with E-state index in [2.05, 4.69) is 30.7 Å². The third-order valence-electron chi connectivity index (χ3n) is 7.20. The number of hydrogen-bond acceptors (Lipinski definition) is 9. The summed E-state index contributed by atoms with van der Waals surface area (Å²) in [5.41, 5.74) is 2.67. The number of likely N-dealkylation sites (N-methyl/N-ethyl adjacent to an activating group) is 1. The number of aromatic nitrogens is 6. The fourth-order valence-corrected chi connectivity index (χ4v) is 5.02. The van der Waals surface area contributed by atoms with E-state index in [1.807, 2.05) is 6.92 Å². The molecule has 0 radical (unpaired) electrons. The quantitative estimate of drug-likeness (QED) is 0.228. The molecule has 0 saturated carbocycles. The molecule has 1 aromatic carbocycles. The smallest absolute Gasteiger partial charge is 0.410 e. The summed E-state index contributed by atoms with van der Waals surface area (Å²) in [7, 11) is 3.26. The first-order valence-electron chi connectivity index (χ1n) is 14.5. The van der Waals surface area contributed by atoms with Crippen molar-refractivity contribution in [2.24, 2.45) is 7.05 Å². The van der Waals surface area contributed by atoms with Crippen molar-refractivity contribution in [3.8, 4) is 11.3 Å². The summed E-state index contributed by atoms with van der Waals surface area (Å²) in [5.74, 6) is -1.53. The van der Waals surface area contributed by atoms with Crippen LogP contribution >= 0.6 is 11.6 Å². The van der Waals surface area contributed by atoms with E-state index in [4.69, 9.17) is 21.3 Å². The highest BCUT2D eigenvalue weighted by Gasteiger charge is 2.28. The van der Waals surface area contributed by atoms with Gasteiger partial charge in [0.25, 0.3) is 5.91 Å². The second kappa shape index (κ2) is 12.5. The summed E-state index contributed by atoms with van der Waals surface area (Å²) in [6.07, 6.45) is 0.513. The van der Waals surface area contributed by atoms with Gasteiger partial charge in [0.1, 0.15) is 40.0 Å². The summed E-state index contributed by atoms with van der Waals surface area (Å²) < 4.78 is 21.5. The number of halogens is 2. The normalized spacial score (nSPS) is 12.2. The standard InChI is InChI=1S/C32H33ClFN9O4/c1-15-25-28(43(8)41-15)26(37-17(3)36-25)21-13-24(40-29(44)16(2)42(7)31(46)47-32(4,5)6)39-23-12-19(9-10-20(21)23)38-30(45)27-22(34)11-18(33)14-35-27/h9-14,16H,1-8H3,(H,38,45)(H,39,40,44). The third kappa shape index (κ3) is 6.97. The lowest BCUT2D eigenvalue weighted by molar-refractivity contribution is -0.120. The number of nitrogens with one attached hydrogen (secondary N) is 2. The highest BCUT2D eigenvalue weighted by atomic mass is 35.5. The van der Waals surface area contributed by atoms with Crippen molar-refractivity contribution in [2.45, 2.75) is 53.2 Å². The molecule has 13 nitrogen and oxygen atoms in total. The Morgan fingerprint density at radius 1 is 1.06 bits per heavy atom. The number of nitrogens with zero attached hydrogens (tertiary/aromatic N) is 7. The van der Waals surface area contributed by atoms with Gasteiger partial charge in [-0.15, -0.1) is 0 Å². The van der Waals surface area contributed by atoms with Crippen LogP contribution < -0.4 is 10.6 Å². The number of fused-ring (bicyclic) bond motifs is 2. The van der Waals surface area contributed by atoms with Crippen LogP contribution in [0, 0.1) is 19.7 Å². The lowest BCUT2D eigenvalue weighted by Crippen LogP contribution is -2.45. The molecule has 0 saturated heterocycles. The van der Waals surface area contributed by atoms with Gasteiger partial charge in [-0.1, -0.05) is 17.7 Å². The lowest BCUT2D eigenvalue weighted by Gasteiger charge is -2.28. The zero-order chi connectivity index (χ0) is 34.4. The maximum atomic E-state index is 14.4. The molecule has 5 rings (SSSR count). The van der Waals surface area contributed by atoms with Gasteiger partial charge in [0.15, 0.2) is 11.5 Å². The molecule has 2 N–H and O–H groups in total. The molecule has 4 heterocycles. The van der Waals surface area contributed by atoms with E-state index in [-0.39, 0.29) is 10.8 Å². The van der Waals surface area contributed by atoms with Crippen LogP contribution in [0.25, 0.3) is 33.2 Å². The Kier molecular flexibility index (Phi) is 8.82. The zero-order valence-corrected chi connectivity index (χ0v) is 27.8. The monoisotopic (exact) mass is 661 g/mol. The number of amides is 3. The van der Waals surface area contributed by atoms with E-state index in [0.29, 0.717) is 50.4 Å². The van der Waals surface area contributed by atoms with Crippen molar-refractivity contribution in [3.05, 3.63) is 64.6 Å². The first kappa shape index (κ1) is 33.1. The number of rotatable bonds is 6. The summed E-state index contributed by atoms with van der Waals surface area (Å²) in [6.45, 7) is 10.4. The van der Waals surface area contributed by atoms with E-state index in [1.165, 1.54) is 18.1 Å². The van der Waals surface area contributed by atoms with Gasteiger partial charge in [0.05, 0.1) is 16.2 Å². The maximum absolute atomic E-state index is 14.4. The van der Waals surface area contributed by atoms with Crippen LogP contribution in [-0.2, 0) is 16.6 Å². The van der Waals surface area contributed by atoms with Gasteiger partial charge >= 0.3 is 6.09 Å². The Hall–Kier alpha value is -5.24. The van der Waals surface area contributed by atoms with Crippen LogP contribution in [0.15, 0.2) is 36.5 Å². The number of carbonyl (C=O) groups is 3. The average molecular weight is 662 g/mol. The van der Waals surface area contributed by atoms with E-state index >= 15 is 0 Å². The van der Waals surface area contributed by atoms with Gasteiger partial charge in [-0.05, 0) is 65.8 Å². The van der Waals surface area contributed by atoms with Crippen molar-refractivity contribution < 1.29 is 23.5 Å². The second-order valence-electron chi connectivity index (χ2n) is 12.0. The number of benzene rings is 1. The van der Waals surface area contributed by atoms with Crippen molar-refractivity contribution in [2.75, 3.05) is 17.7 Å². The first-order chi connectivity index (χ1) is 22.0. The van der Waals surface area contributed by atoms with Crippen LogP contribution in [-0.4, -0.2) is 71.2 Å². The topological polar surface area (TPSA) is 157 Å². The molecule has 3 amide bonds. The van der Waals surface area contributed by atoms with Gasteiger partial charge in [0.2, 0.25) is 5.91 Å². The van der Waals surface area contributed by atoms with Crippen molar-refractivity contribution in [1.82, 2.24) is 34.6 Å². The Labute approximate surface area is 274 Å². The minimum atomic E-state index is -0.925. The number of pyridine rings is 2. The molecule has 47 heavy (non-hydrogen) atoms. The Morgan fingerprint density at radius 2 is 1.79 bits per heavy atom. The second-order valence-corrected chi connectivity index (χ2v) is 12.4. The highest BCUT2D eigenvalue weighted by Crippen LogP contribution is 2.35. The number of hydrogen-bond donors (Lipinski definition) is 2. The summed E-state index contributed by atoms with van der Waals surface area (Å²) >= 11 is 5.79. The van der Waals surface area contributed by atoms with Crippen LogP contribution in [0.5, 0.6) is 0 Å². The largest absolute Gasteiger partial charge is 0.444 e. The average Bonchev–Trinajstić information content (AvgIpc) is 3.26. The van der Waals surface area contributed by atoms with Crippen molar-refractivity contribution in [3.63, 3.8) is 0 Å². The molecule has 0 fully saturated rings. The van der Waals surface area contributed by atoms with E-state index in [1.54, 1.807) is 70.6 Å². The van der Waals surface area contributed by atoms with Gasteiger partial charge in [-0.25, -0.2) is 29.1 Å². The fraction of sp³-hybridized carbons (Fsp3) is 0.312. The molecule has 0 aliphatic carbocycles. The molecule has 244 valence electrons. The van der Waals surface area contributed by atoms with Crippen molar-refractivity contribution in [1.29, 1.82) is 0 Å². The van der Waals surface area contributed by atoms with Crippen LogP contribution in [0.3, 0.4) is 0 Å². The molecule has 4 aromatic heterocycles. The number of anilines is 2. The molecule has 1 atom stereocenters. The first-order valence-corrected chi connectivity index (χ1v) is 14.9. The van der Waals surface area contributed by atoms with Crippen LogP contribution in [0.2, 0.25) is 5.02 Å². The molecule has 0 bridgehead atoms. The summed E-state index contributed by atoms with van der Waals surface area (Å²) in [5, 5.41) is 10.7. The number of carbonyl (C=O) groups excluding carboxylic acids is 3. The molecule has 5 aromatic rings. The minimum absolute atomic E-state index is 0.0559. The molecule has 0 aliphatic rings.